The monoisotopic (exact) mass is 441 g/mol. The Labute approximate surface area is 193 Å². The molecule has 1 aliphatic rings. The Bertz CT molecular complexity index is 1100. The average Bonchev–Trinajstić information content (AvgIpc) is 3.04. The van der Waals surface area contributed by atoms with E-state index in [4.69, 9.17) is 0 Å². The van der Waals surface area contributed by atoms with E-state index < -0.39 is 17.5 Å². The van der Waals surface area contributed by atoms with Crippen molar-refractivity contribution in [3.8, 4) is 0 Å². The van der Waals surface area contributed by atoms with Crippen LogP contribution in [0.4, 0.5) is 4.79 Å². The molecule has 1 heterocycles. The standard InChI is InChI=1S/C27H27N3O3/c1-20-13-15-23(16-14-20)27(2)25(32)30(26(33)28-27)19-24(31)29(17-21-9-5-3-6-10-21)18-22-11-7-4-8-12-22/h3-16H,17-19H2,1-2H3,(H,28,33). The highest BCUT2D eigenvalue weighted by molar-refractivity contribution is 6.09. The number of aryl methyl sites for hydroxylation is 1. The zero-order chi connectivity index (χ0) is 23.4. The second kappa shape index (κ2) is 9.28. The Morgan fingerprint density at radius 1 is 0.848 bits per heavy atom. The topological polar surface area (TPSA) is 69.7 Å². The number of rotatable bonds is 7. The summed E-state index contributed by atoms with van der Waals surface area (Å²) in [6.45, 7) is 4.08. The highest BCUT2D eigenvalue weighted by Crippen LogP contribution is 2.29. The van der Waals surface area contributed by atoms with Crippen LogP contribution in [0.1, 0.15) is 29.2 Å². The van der Waals surface area contributed by atoms with E-state index in [9.17, 15) is 14.4 Å². The van der Waals surface area contributed by atoms with Crippen LogP contribution in [-0.4, -0.2) is 34.2 Å². The molecule has 33 heavy (non-hydrogen) atoms. The molecule has 0 saturated carbocycles. The Kier molecular flexibility index (Phi) is 6.27. The molecule has 1 N–H and O–H groups in total. The van der Waals surface area contributed by atoms with E-state index >= 15 is 0 Å². The maximum atomic E-state index is 13.3. The summed E-state index contributed by atoms with van der Waals surface area (Å²) in [4.78, 5) is 42.0. The number of hydrogen-bond acceptors (Lipinski definition) is 3. The molecule has 0 aliphatic carbocycles. The van der Waals surface area contributed by atoms with Crippen LogP contribution in [0, 0.1) is 6.92 Å². The van der Waals surface area contributed by atoms with Crippen molar-refractivity contribution in [2.75, 3.05) is 6.54 Å². The molecule has 168 valence electrons. The molecule has 4 rings (SSSR count). The molecule has 1 aliphatic heterocycles. The number of urea groups is 1. The number of nitrogens with zero attached hydrogens (tertiary/aromatic N) is 2. The highest BCUT2D eigenvalue weighted by atomic mass is 16.2. The number of hydrogen-bond donors (Lipinski definition) is 1. The normalized spacial score (nSPS) is 17.7. The predicted molar refractivity (Wildman–Crippen MR) is 126 cm³/mol. The minimum atomic E-state index is -1.20. The number of carbonyl (C=O) groups excluding carboxylic acids is 3. The summed E-state index contributed by atoms with van der Waals surface area (Å²) in [6, 6.07) is 26.2. The van der Waals surface area contributed by atoms with E-state index in [1.165, 1.54) is 0 Å². The van der Waals surface area contributed by atoms with Gasteiger partial charge in [0.05, 0.1) is 0 Å². The molecule has 1 atom stereocenters. The zero-order valence-electron chi connectivity index (χ0n) is 18.8. The highest BCUT2D eigenvalue weighted by Gasteiger charge is 2.49. The van der Waals surface area contributed by atoms with Gasteiger partial charge in [-0.3, -0.25) is 14.5 Å². The Balaban J connectivity index is 1.54. The molecule has 0 radical (unpaired) electrons. The third kappa shape index (κ3) is 4.80. The molecular weight excluding hydrogens is 414 g/mol. The fourth-order valence-corrected chi connectivity index (χ4v) is 4.00. The lowest BCUT2D eigenvalue weighted by Crippen LogP contribution is -2.44. The van der Waals surface area contributed by atoms with Crippen molar-refractivity contribution >= 4 is 17.8 Å². The summed E-state index contributed by atoms with van der Waals surface area (Å²) in [6.07, 6.45) is 0. The average molecular weight is 442 g/mol. The van der Waals surface area contributed by atoms with E-state index in [0.717, 1.165) is 21.6 Å². The summed E-state index contributed by atoms with van der Waals surface area (Å²) in [5.74, 6) is -0.719. The lowest BCUT2D eigenvalue weighted by Gasteiger charge is -2.26. The molecular formula is C27H27N3O3. The summed E-state index contributed by atoms with van der Waals surface area (Å²) in [5.41, 5.74) is 2.50. The predicted octanol–water partition coefficient (Wildman–Crippen LogP) is 3.99. The van der Waals surface area contributed by atoms with Gasteiger partial charge in [0.1, 0.15) is 12.1 Å². The van der Waals surface area contributed by atoms with Gasteiger partial charge >= 0.3 is 6.03 Å². The van der Waals surface area contributed by atoms with Crippen molar-refractivity contribution in [3.05, 3.63) is 107 Å². The SMILES string of the molecule is Cc1ccc(C2(C)NC(=O)N(CC(=O)N(Cc3ccccc3)Cc3ccccc3)C2=O)cc1. The third-order valence-electron chi connectivity index (χ3n) is 5.98. The van der Waals surface area contributed by atoms with Crippen molar-refractivity contribution in [2.24, 2.45) is 0 Å². The van der Waals surface area contributed by atoms with Crippen molar-refractivity contribution < 1.29 is 14.4 Å². The van der Waals surface area contributed by atoms with Crippen LogP contribution in [0.2, 0.25) is 0 Å². The minimum absolute atomic E-state index is 0.292. The fraction of sp³-hybridized carbons (Fsp3) is 0.222. The molecule has 6 heteroatoms. The number of carbonyl (C=O) groups is 3. The summed E-state index contributed by atoms with van der Waals surface area (Å²) in [7, 11) is 0. The second-order valence-corrected chi connectivity index (χ2v) is 8.53. The van der Waals surface area contributed by atoms with Gasteiger partial charge in [0.15, 0.2) is 0 Å². The number of imide groups is 1. The maximum Gasteiger partial charge on any atom is 0.325 e. The van der Waals surface area contributed by atoms with Gasteiger partial charge in [-0.1, -0.05) is 90.5 Å². The fourth-order valence-electron chi connectivity index (χ4n) is 4.00. The first-order valence-electron chi connectivity index (χ1n) is 10.9. The molecule has 1 saturated heterocycles. The molecule has 6 nitrogen and oxygen atoms in total. The first kappa shape index (κ1) is 22.3. The smallest absolute Gasteiger partial charge is 0.325 e. The molecule has 3 aromatic carbocycles. The molecule has 3 aromatic rings. The second-order valence-electron chi connectivity index (χ2n) is 8.53. The number of nitrogens with one attached hydrogen (secondary N) is 1. The molecule has 0 aromatic heterocycles. The minimum Gasteiger partial charge on any atom is -0.332 e. The van der Waals surface area contributed by atoms with Crippen LogP contribution in [0.3, 0.4) is 0 Å². The van der Waals surface area contributed by atoms with Gasteiger partial charge in [0, 0.05) is 13.1 Å². The van der Waals surface area contributed by atoms with Crippen molar-refractivity contribution in [2.45, 2.75) is 32.5 Å². The van der Waals surface area contributed by atoms with Crippen LogP contribution >= 0.6 is 0 Å². The van der Waals surface area contributed by atoms with E-state index in [2.05, 4.69) is 5.32 Å². The molecule has 4 amide bonds. The number of amides is 4. The lowest BCUT2D eigenvalue weighted by atomic mass is 9.91. The van der Waals surface area contributed by atoms with E-state index in [-0.39, 0.29) is 12.5 Å². The van der Waals surface area contributed by atoms with E-state index in [1.807, 2.05) is 91.9 Å². The van der Waals surface area contributed by atoms with Crippen molar-refractivity contribution in [3.63, 3.8) is 0 Å². The molecule has 0 spiro atoms. The first-order chi connectivity index (χ1) is 15.9. The van der Waals surface area contributed by atoms with Crippen molar-refractivity contribution in [1.29, 1.82) is 0 Å². The lowest BCUT2D eigenvalue weighted by molar-refractivity contribution is -0.139. The van der Waals surface area contributed by atoms with Crippen LogP contribution in [0.5, 0.6) is 0 Å². The Morgan fingerprint density at radius 3 is 1.88 bits per heavy atom. The Hall–Kier alpha value is -3.93. The number of benzene rings is 3. The first-order valence-corrected chi connectivity index (χ1v) is 10.9. The molecule has 0 bridgehead atoms. The van der Waals surface area contributed by atoms with Gasteiger partial charge in [0.25, 0.3) is 5.91 Å². The maximum absolute atomic E-state index is 13.3. The van der Waals surface area contributed by atoms with Crippen molar-refractivity contribution in [1.82, 2.24) is 15.1 Å². The van der Waals surface area contributed by atoms with E-state index in [0.29, 0.717) is 18.7 Å². The van der Waals surface area contributed by atoms with Gasteiger partial charge < -0.3 is 10.2 Å². The van der Waals surface area contributed by atoms with Crippen LogP contribution in [-0.2, 0) is 28.2 Å². The quantitative estimate of drug-likeness (QED) is 0.564. The van der Waals surface area contributed by atoms with E-state index in [1.54, 1.807) is 11.8 Å². The summed E-state index contributed by atoms with van der Waals surface area (Å²) in [5, 5.41) is 2.78. The van der Waals surface area contributed by atoms with Gasteiger partial charge in [0.2, 0.25) is 5.91 Å². The van der Waals surface area contributed by atoms with Gasteiger partial charge in [-0.2, -0.15) is 0 Å². The van der Waals surface area contributed by atoms with Gasteiger partial charge in [-0.25, -0.2) is 4.79 Å². The van der Waals surface area contributed by atoms with Gasteiger partial charge in [-0.15, -0.1) is 0 Å². The Morgan fingerprint density at radius 2 is 1.36 bits per heavy atom. The largest absolute Gasteiger partial charge is 0.332 e. The summed E-state index contributed by atoms with van der Waals surface area (Å²) >= 11 is 0. The van der Waals surface area contributed by atoms with Crippen LogP contribution in [0.15, 0.2) is 84.9 Å². The third-order valence-corrected chi connectivity index (χ3v) is 5.98. The zero-order valence-corrected chi connectivity index (χ0v) is 18.8. The molecule has 1 unspecified atom stereocenters. The molecule has 1 fully saturated rings. The summed E-state index contributed by atoms with van der Waals surface area (Å²) < 4.78 is 0. The van der Waals surface area contributed by atoms with Crippen LogP contribution in [0.25, 0.3) is 0 Å². The van der Waals surface area contributed by atoms with Gasteiger partial charge in [-0.05, 0) is 30.5 Å². The van der Waals surface area contributed by atoms with Crippen LogP contribution < -0.4 is 5.32 Å².